The maximum absolute atomic E-state index is 11.9. The van der Waals surface area contributed by atoms with E-state index in [-0.39, 0.29) is 11.8 Å². The van der Waals surface area contributed by atoms with Gasteiger partial charge in [0.05, 0.1) is 5.56 Å². The maximum atomic E-state index is 11.9. The van der Waals surface area contributed by atoms with Gasteiger partial charge < -0.3 is 10.1 Å². The Morgan fingerprint density at radius 1 is 1.47 bits per heavy atom. The van der Waals surface area contributed by atoms with Crippen molar-refractivity contribution in [3.63, 3.8) is 0 Å². The topological polar surface area (TPSA) is 38.3 Å². The zero-order valence-electron chi connectivity index (χ0n) is 9.04. The van der Waals surface area contributed by atoms with Crippen LogP contribution in [0.5, 0.6) is 5.75 Å². The van der Waals surface area contributed by atoms with Crippen molar-refractivity contribution in [2.75, 3.05) is 13.7 Å². The quantitative estimate of drug-likeness (QED) is 0.756. The van der Waals surface area contributed by atoms with Gasteiger partial charge in [0.2, 0.25) is 0 Å². The molecule has 0 aliphatic carbocycles. The smallest absolute Gasteiger partial charge is 0.168 e. The fraction of sp³-hybridized carbons (Fsp3) is 0.417. The normalized spacial score (nSPS) is 20.4. The lowest BCUT2D eigenvalue weighted by atomic mass is 10.0. The largest absolute Gasteiger partial charge is 0.491 e. The molecule has 3 nitrogen and oxygen atoms in total. The molecule has 1 N–H and O–H groups in total. The van der Waals surface area contributed by atoms with Crippen LogP contribution in [0.3, 0.4) is 0 Å². The van der Waals surface area contributed by atoms with Crippen LogP contribution < -0.4 is 10.1 Å². The van der Waals surface area contributed by atoms with Gasteiger partial charge in [-0.3, -0.25) is 4.79 Å². The van der Waals surface area contributed by atoms with Gasteiger partial charge in [-0.2, -0.15) is 0 Å². The number of rotatable bonds is 1. The Morgan fingerprint density at radius 3 is 3.00 bits per heavy atom. The third-order valence-electron chi connectivity index (χ3n) is 2.72. The molecule has 0 bridgehead atoms. The monoisotopic (exact) mass is 205 g/mol. The van der Waals surface area contributed by atoms with Crippen molar-refractivity contribution in [1.29, 1.82) is 0 Å². The van der Waals surface area contributed by atoms with Crippen molar-refractivity contribution in [3.05, 3.63) is 29.3 Å². The summed E-state index contributed by atoms with van der Waals surface area (Å²) in [4.78, 5) is 11.9. The average Bonchev–Trinajstić information content (AvgIpc) is 2.39. The number of ether oxygens (including phenoxy) is 1. The van der Waals surface area contributed by atoms with Gasteiger partial charge in [0.1, 0.15) is 12.4 Å². The number of aryl methyl sites for hydroxylation is 1. The molecule has 0 saturated carbocycles. The minimum Gasteiger partial charge on any atom is -0.491 e. The van der Waals surface area contributed by atoms with E-state index in [0.29, 0.717) is 24.3 Å². The summed E-state index contributed by atoms with van der Waals surface area (Å²) in [7, 11) is 1.85. The van der Waals surface area contributed by atoms with Crippen molar-refractivity contribution in [2.24, 2.45) is 0 Å². The Balaban J connectivity index is 2.35. The minimum atomic E-state index is 0.116. The van der Waals surface area contributed by atoms with Gasteiger partial charge >= 0.3 is 0 Å². The van der Waals surface area contributed by atoms with Crippen LogP contribution in [-0.2, 0) is 0 Å². The molecule has 1 aliphatic rings. The lowest BCUT2D eigenvalue weighted by Crippen LogP contribution is -2.32. The number of carbonyl (C=O) groups excluding carboxylic acids is 1. The van der Waals surface area contributed by atoms with Gasteiger partial charge in [-0.1, -0.05) is 11.6 Å². The third kappa shape index (κ3) is 2.02. The fourth-order valence-electron chi connectivity index (χ4n) is 1.76. The standard InChI is InChI=1S/C12H15NO2/c1-8-3-4-12-10(5-8)11(14)6-9(13-2)7-15-12/h3-5,9,13H,6-7H2,1-2H3. The predicted molar refractivity (Wildman–Crippen MR) is 58.5 cm³/mol. The Kier molecular flexibility index (Phi) is 2.73. The highest BCUT2D eigenvalue weighted by Gasteiger charge is 2.22. The molecule has 3 heteroatoms. The lowest BCUT2D eigenvalue weighted by Gasteiger charge is -2.11. The van der Waals surface area contributed by atoms with Gasteiger partial charge in [-0.05, 0) is 26.1 Å². The molecule has 1 unspecified atom stereocenters. The van der Waals surface area contributed by atoms with Crippen molar-refractivity contribution in [1.82, 2.24) is 5.32 Å². The molecule has 0 amide bonds. The zero-order valence-corrected chi connectivity index (χ0v) is 9.04. The number of benzene rings is 1. The van der Waals surface area contributed by atoms with Crippen LogP contribution >= 0.6 is 0 Å². The summed E-state index contributed by atoms with van der Waals surface area (Å²) in [5.74, 6) is 0.869. The van der Waals surface area contributed by atoms with Crippen LogP contribution in [0.4, 0.5) is 0 Å². The molecule has 15 heavy (non-hydrogen) atoms. The van der Waals surface area contributed by atoms with E-state index in [4.69, 9.17) is 4.74 Å². The number of carbonyl (C=O) groups is 1. The van der Waals surface area contributed by atoms with E-state index < -0.39 is 0 Å². The van der Waals surface area contributed by atoms with Gasteiger partial charge in [0.15, 0.2) is 5.78 Å². The highest BCUT2D eigenvalue weighted by molar-refractivity contribution is 5.99. The Bertz CT molecular complexity index is 387. The summed E-state index contributed by atoms with van der Waals surface area (Å²) in [5, 5.41) is 3.08. The van der Waals surface area contributed by atoms with Crippen LogP contribution in [0.15, 0.2) is 18.2 Å². The van der Waals surface area contributed by atoms with Gasteiger partial charge in [-0.25, -0.2) is 0 Å². The first-order chi connectivity index (χ1) is 7.20. The van der Waals surface area contributed by atoms with Crippen LogP contribution in [0.1, 0.15) is 22.3 Å². The molecular weight excluding hydrogens is 190 g/mol. The van der Waals surface area contributed by atoms with E-state index in [1.54, 1.807) is 0 Å². The molecule has 1 atom stereocenters. The highest BCUT2D eigenvalue weighted by Crippen LogP contribution is 2.24. The number of hydrogen-bond donors (Lipinski definition) is 1. The summed E-state index contributed by atoms with van der Waals surface area (Å²) in [6, 6.07) is 5.85. The van der Waals surface area contributed by atoms with E-state index in [1.165, 1.54) is 0 Å². The van der Waals surface area contributed by atoms with E-state index in [9.17, 15) is 4.79 Å². The number of Topliss-reactive ketones (excluding diaryl/α,β-unsaturated/α-hetero) is 1. The summed E-state index contributed by atoms with van der Waals surface area (Å²) < 4.78 is 5.59. The summed E-state index contributed by atoms with van der Waals surface area (Å²) in [5.41, 5.74) is 1.81. The minimum absolute atomic E-state index is 0.116. The van der Waals surface area contributed by atoms with E-state index in [2.05, 4.69) is 5.32 Å². The van der Waals surface area contributed by atoms with Crippen molar-refractivity contribution in [2.45, 2.75) is 19.4 Å². The van der Waals surface area contributed by atoms with Crippen LogP contribution in [-0.4, -0.2) is 25.5 Å². The molecule has 0 saturated heterocycles. The molecule has 0 spiro atoms. The first-order valence-corrected chi connectivity index (χ1v) is 5.14. The first-order valence-electron chi connectivity index (χ1n) is 5.14. The van der Waals surface area contributed by atoms with Crippen molar-refractivity contribution >= 4 is 5.78 Å². The fourth-order valence-corrected chi connectivity index (χ4v) is 1.76. The Labute approximate surface area is 89.4 Å². The van der Waals surface area contributed by atoms with Gasteiger partial charge in [-0.15, -0.1) is 0 Å². The molecular formula is C12H15NO2. The second-order valence-corrected chi connectivity index (χ2v) is 3.92. The second-order valence-electron chi connectivity index (χ2n) is 3.92. The number of likely N-dealkylation sites (N-methyl/N-ethyl adjacent to an activating group) is 1. The molecule has 1 heterocycles. The molecule has 80 valence electrons. The number of nitrogens with one attached hydrogen (secondary N) is 1. The van der Waals surface area contributed by atoms with Crippen LogP contribution in [0.2, 0.25) is 0 Å². The first kappa shape index (κ1) is 10.2. The van der Waals surface area contributed by atoms with Crippen LogP contribution in [0.25, 0.3) is 0 Å². The van der Waals surface area contributed by atoms with Crippen LogP contribution in [0, 0.1) is 6.92 Å². The zero-order chi connectivity index (χ0) is 10.8. The van der Waals surface area contributed by atoms with E-state index >= 15 is 0 Å². The number of ketones is 1. The second kappa shape index (κ2) is 4.03. The average molecular weight is 205 g/mol. The molecule has 1 aliphatic heterocycles. The molecule has 1 aromatic rings. The SMILES string of the molecule is CNC1COc2ccc(C)cc2C(=O)C1. The third-order valence-corrected chi connectivity index (χ3v) is 2.72. The molecule has 2 rings (SSSR count). The Morgan fingerprint density at radius 2 is 2.27 bits per heavy atom. The van der Waals surface area contributed by atoms with Crippen molar-refractivity contribution < 1.29 is 9.53 Å². The van der Waals surface area contributed by atoms with E-state index in [1.807, 2.05) is 32.2 Å². The Hall–Kier alpha value is -1.35. The summed E-state index contributed by atoms with van der Waals surface area (Å²) in [6.45, 7) is 2.53. The summed E-state index contributed by atoms with van der Waals surface area (Å²) in [6.07, 6.45) is 0.507. The van der Waals surface area contributed by atoms with Gasteiger partial charge in [0, 0.05) is 12.5 Å². The molecule has 1 aromatic carbocycles. The molecule has 0 fully saturated rings. The molecule has 0 aromatic heterocycles. The van der Waals surface area contributed by atoms with Crippen molar-refractivity contribution in [3.8, 4) is 5.75 Å². The molecule has 0 radical (unpaired) electrons. The van der Waals surface area contributed by atoms with E-state index in [0.717, 1.165) is 5.56 Å². The maximum Gasteiger partial charge on any atom is 0.168 e. The predicted octanol–water partition coefficient (Wildman–Crippen LogP) is 1.55. The summed E-state index contributed by atoms with van der Waals surface area (Å²) >= 11 is 0. The highest BCUT2D eigenvalue weighted by atomic mass is 16.5. The number of hydrogen-bond acceptors (Lipinski definition) is 3. The number of fused-ring (bicyclic) bond motifs is 1. The lowest BCUT2D eigenvalue weighted by molar-refractivity contribution is 0.0972. The van der Waals surface area contributed by atoms with Gasteiger partial charge in [0.25, 0.3) is 0 Å².